The number of rotatable bonds is 11. The summed E-state index contributed by atoms with van der Waals surface area (Å²) in [5.74, 6) is 0. The number of hydrogen-bond acceptors (Lipinski definition) is 3. The van der Waals surface area contributed by atoms with Crippen LogP contribution in [0.2, 0.25) is 0 Å². The first kappa shape index (κ1) is 29.2. The average Bonchev–Trinajstić information content (AvgIpc) is 2.95. The number of sulfonamides is 1. The molecule has 0 saturated heterocycles. The van der Waals surface area contributed by atoms with Gasteiger partial charge in [0, 0.05) is 10.9 Å². The Morgan fingerprint density at radius 3 is 1.84 bits per heavy atom. The predicted octanol–water partition coefficient (Wildman–Crippen LogP) is 7.45. The van der Waals surface area contributed by atoms with Crippen molar-refractivity contribution in [1.82, 2.24) is 5.32 Å². The fourth-order valence-corrected chi connectivity index (χ4v) is 5.30. The molecule has 1 N–H and O–H groups in total. The van der Waals surface area contributed by atoms with Gasteiger partial charge in [-0.1, -0.05) is 120 Å². The van der Waals surface area contributed by atoms with Crippen LogP contribution in [-0.2, 0) is 33.8 Å². The molecular weight excluding hydrogens is 589 g/mol. The molecule has 0 aliphatic rings. The summed E-state index contributed by atoms with van der Waals surface area (Å²) >= 11 is 1.82. The van der Waals surface area contributed by atoms with E-state index in [9.17, 15) is 8.42 Å². The molecule has 0 amide bonds. The topological polar surface area (TPSA) is 60.3 Å². The van der Waals surface area contributed by atoms with Crippen molar-refractivity contribution in [2.75, 3.05) is 6.54 Å². The molecule has 4 aromatic carbocycles. The van der Waals surface area contributed by atoms with Crippen molar-refractivity contribution in [3.05, 3.63) is 142 Å². The van der Waals surface area contributed by atoms with E-state index in [4.69, 9.17) is 0 Å². The van der Waals surface area contributed by atoms with Crippen molar-refractivity contribution in [2.24, 2.45) is 0 Å². The van der Waals surface area contributed by atoms with Crippen LogP contribution in [0.4, 0.5) is 0 Å². The zero-order valence-electron chi connectivity index (χ0n) is 20.6. The minimum atomic E-state index is -3.87. The number of halogens is 1. The predicted molar refractivity (Wildman–Crippen MR) is 149 cm³/mol. The molecule has 37 heavy (non-hydrogen) atoms. The Labute approximate surface area is 235 Å². The number of nitrogens with one attached hydrogen (secondary N) is 1. The Bertz CT molecular complexity index is 1290. The monoisotopic (exact) mass is 620 g/mol. The number of hydrogen-bond donors (Lipinski definition) is 1. The Hall–Kier alpha value is -2.34. The van der Waals surface area contributed by atoms with Crippen molar-refractivity contribution in [2.45, 2.75) is 36.7 Å². The Morgan fingerprint density at radius 1 is 0.757 bits per heavy atom. The first-order valence-corrected chi connectivity index (χ1v) is 15.7. The Morgan fingerprint density at radius 2 is 1.27 bits per heavy atom. The van der Waals surface area contributed by atoms with Crippen LogP contribution < -0.4 is 5.32 Å². The van der Waals surface area contributed by atoms with Crippen LogP contribution in [0.1, 0.15) is 40.8 Å². The third-order valence-corrected chi connectivity index (χ3v) is 7.41. The summed E-state index contributed by atoms with van der Waals surface area (Å²) in [6, 6.07) is 36.0. The molecule has 2 atom stereocenters. The van der Waals surface area contributed by atoms with Gasteiger partial charge in [0.1, 0.15) is 10.0 Å². The van der Waals surface area contributed by atoms with E-state index < -0.39 is 16.1 Å². The van der Waals surface area contributed by atoms with Crippen molar-refractivity contribution in [1.29, 1.82) is 0 Å². The van der Waals surface area contributed by atoms with E-state index in [1.54, 1.807) is 24.3 Å². The van der Waals surface area contributed by atoms with Crippen LogP contribution >= 0.6 is 9.69 Å². The molecule has 4 nitrogen and oxygen atoms in total. The van der Waals surface area contributed by atoms with Gasteiger partial charge >= 0.3 is 27.0 Å². The van der Waals surface area contributed by atoms with E-state index in [2.05, 4.69) is 44.0 Å². The fraction of sp³-hybridized carbons (Fsp3) is 0.200. The number of benzene rings is 4. The second-order valence-electron chi connectivity index (χ2n) is 8.68. The Balaban J connectivity index is 0.00000186. The van der Waals surface area contributed by atoms with Crippen molar-refractivity contribution < 1.29 is 25.7 Å². The molecular formula is C30H31ClN2O2RuS. The van der Waals surface area contributed by atoms with E-state index in [1.165, 1.54) is 5.56 Å². The number of aryl methyl sites for hydroxylation is 2. The van der Waals surface area contributed by atoms with Gasteiger partial charge in [0.2, 0.25) is 0 Å². The van der Waals surface area contributed by atoms with Gasteiger partial charge in [-0.2, -0.15) is 0 Å². The summed E-state index contributed by atoms with van der Waals surface area (Å²) in [7, 11) is 0.703. The summed E-state index contributed by atoms with van der Waals surface area (Å²) in [5, 5.41) is 3.63. The van der Waals surface area contributed by atoms with Crippen LogP contribution in [0.3, 0.4) is 0 Å². The van der Waals surface area contributed by atoms with E-state index >= 15 is 0 Å². The molecule has 0 aromatic heterocycles. The third kappa shape index (κ3) is 8.88. The van der Waals surface area contributed by atoms with E-state index in [-0.39, 0.29) is 10.9 Å². The molecule has 0 saturated carbocycles. The number of nitrogens with zero attached hydrogens (tertiary/aromatic N) is 1. The molecule has 4 aromatic rings. The quantitative estimate of drug-likeness (QED) is 0.140. The summed E-state index contributed by atoms with van der Waals surface area (Å²) in [4.78, 5) is 0.208. The normalized spacial score (nSPS) is 12.7. The van der Waals surface area contributed by atoms with Gasteiger partial charge in [-0.15, -0.1) is 0 Å². The second kappa shape index (κ2) is 15.2. The van der Waals surface area contributed by atoms with Crippen LogP contribution in [0, 0.1) is 6.92 Å². The fourth-order valence-electron chi connectivity index (χ4n) is 4.15. The molecule has 0 radical (unpaired) electrons. The van der Waals surface area contributed by atoms with Gasteiger partial charge in [-0.3, -0.25) is 0 Å². The van der Waals surface area contributed by atoms with Gasteiger partial charge in [-0.25, -0.2) is 8.42 Å². The molecule has 7 heteroatoms. The SMILES string of the molecule is Cc1ccc(S(=O)(=O)[N-][C@H](c2ccccc2)[C@H](NCCCc2ccccc2)c2ccccc2)cc1.[Cl][Ru+]. The van der Waals surface area contributed by atoms with Gasteiger partial charge < -0.3 is 10.0 Å². The summed E-state index contributed by atoms with van der Waals surface area (Å²) < 4.78 is 31.3. The summed E-state index contributed by atoms with van der Waals surface area (Å²) in [6.45, 7) is 2.67. The molecule has 0 spiro atoms. The molecule has 0 aliphatic carbocycles. The van der Waals surface area contributed by atoms with E-state index in [1.807, 2.05) is 91.0 Å². The minimum absolute atomic E-state index is 0.208. The molecule has 0 fully saturated rings. The van der Waals surface area contributed by atoms with Gasteiger partial charge in [0.25, 0.3) is 0 Å². The van der Waals surface area contributed by atoms with Crippen LogP contribution in [-0.4, -0.2) is 15.0 Å². The summed E-state index contributed by atoms with van der Waals surface area (Å²) in [6.07, 6.45) is 1.88. The molecule has 0 bridgehead atoms. The van der Waals surface area contributed by atoms with Crippen LogP contribution in [0.25, 0.3) is 4.72 Å². The zero-order chi connectivity index (χ0) is 26.5. The van der Waals surface area contributed by atoms with Crippen LogP contribution in [0.15, 0.2) is 120 Å². The first-order valence-electron chi connectivity index (χ1n) is 12.1. The molecule has 0 heterocycles. The molecule has 0 aliphatic heterocycles. The molecule has 0 unspecified atom stereocenters. The van der Waals surface area contributed by atoms with Crippen molar-refractivity contribution in [3.8, 4) is 0 Å². The van der Waals surface area contributed by atoms with Gasteiger partial charge in [0.05, 0.1) is 0 Å². The molecule has 4 rings (SSSR count). The third-order valence-electron chi connectivity index (χ3n) is 6.04. The van der Waals surface area contributed by atoms with E-state index in [0.29, 0.717) is 0 Å². The van der Waals surface area contributed by atoms with E-state index in [0.717, 1.165) is 36.1 Å². The van der Waals surface area contributed by atoms with Crippen molar-refractivity contribution >= 4 is 19.7 Å². The average molecular weight is 620 g/mol. The maximum atomic E-state index is 13.4. The van der Waals surface area contributed by atoms with Gasteiger partial charge in [-0.05, 0) is 49.6 Å². The zero-order valence-corrected chi connectivity index (χ0v) is 24.0. The Kier molecular flexibility index (Phi) is 12.0. The standard InChI is InChI=1S/C30H31N2O2S.ClH.Ru/c1-24-19-21-28(22-20-24)35(33,34)32-30(27-17-9-4-10-18-27)29(26-15-7-3-8-16-26)31-23-11-14-25-12-5-2-6-13-25;;/h2-10,12-13,15-22,29-31H,11,14,23H2,1H3;1H;/q-1;;+2/p-1/t29-,30-;;/m1../s1. The maximum absolute atomic E-state index is 13.4. The summed E-state index contributed by atoms with van der Waals surface area (Å²) in [5.41, 5.74) is 4.15. The van der Waals surface area contributed by atoms with Crippen molar-refractivity contribution in [3.63, 3.8) is 0 Å². The van der Waals surface area contributed by atoms with Crippen LogP contribution in [0.5, 0.6) is 0 Å². The molecule has 194 valence electrons. The van der Waals surface area contributed by atoms with Gasteiger partial charge in [0.15, 0.2) is 0 Å². The second-order valence-corrected chi connectivity index (χ2v) is 10.3. The first-order chi connectivity index (χ1) is 18.0.